The summed E-state index contributed by atoms with van der Waals surface area (Å²) in [6.07, 6.45) is 9.73. The molecule has 1 heterocycles. The van der Waals surface area contributed by atoms with Gasteiger partial charge in [0.25, 0.3) is 0 Å². The average molecular weight is 266 g/mol. The molecule has 1 unspecified atom stereocenters. The van der Waals surface area contributed by atoms with Crippen molar-refractivity contribution < 1.29 is 0 Å². The van der Waals surface area contributed by atoms with Crippen LogP contribution in [0.5, 0.6) is 0 Å². The Labute approximate surface area is 120 Å². The van der Waals surface area contributed by atoms with E-state index in [1.807, 2.05) is 0 Å². The minimum Gasteiger partial charge on any atom is -0.308 e. The van der Waals surface area contributed by atoms with Crippen molar-refractivity contribution in [3.8, 4) is 0 Å². The fourth-order valence-electron chi connectivity index (χ4n) is 3.80. The highest BCUT2D eigenvalue weighted by molar-refractivity contribution is 5.04. The number of nitrogens with zero attached hydrogens (tertiary/aromatic N) is 1. The van der Waals surface area contributed by atoms with E-state index in [1.54, 1.807) is 0 Å². The molecule has 2 nitrogen and oxygen atoms in total. The predicted molar refractivity (Wildman–Crippen MR) is 83.5 cm³/mol. The van der Waals surface area contributed by atoms with E-state index in [-0.39, 0.29) is 0 Å². The molecule has 19 heavy (non-hydrogen) atoms. The van der Waals surface area contributed by atoms with Gasteiger partial charge in [-0.2, -0.15) is 0 Å². The van der Waals surface area contributed by atoms with Crippen LogP contribution in [0.4, 0.5) is 0 Å². The largest absolute Gasteiger partial charge is 0.308 e. The van der Waals surface area contributed by atoms with Crippen LogP contribution in [0.25, 0.3) is 0 Å². The zero-order valence-corrected chi connectivity index (χ0v) is 13.6. The fraction of sp³-hybridized carbons (Fsp3) is 1.00. The quantitative estimate of drug-likeness (QED) is 0.832. The van der Waals surface area contributed by atoms with E-state index in [2.05, 4.69) is 37.9 Å². The third-order valence-electron chi connectivity index (χ3n) is 5.60. The van der Waals surface area contributed by atoms with Crippen LogP contribution in [0.2, 0.25) is 0 Å². The molecular formula is C17H34N2. The van der Waals surface area contributed by atoms with Crippen molar-refractivity contribution in [3.63, 3.8) is 0 Å². The fourth-order valence-corrected chi connectivity index (χ4v) is 3.80. The van der Waals surface area contributed by atoms with Crippen molar-refractivity contribution in [1.29, 1.82) is 0 Å². The van der Waals surface area contributed by atoms with Crippen LogP contribution >= 0.6 is 0 Å². The topological polar surface area (TPSA) is 15.3 Å². The highest BCUT2D eigenvalue weighted by atomic mass is 15.3. The molecule has 2 rings (SSSR count). The van der Waals surface area contributed by atoms with Crippen LogP contribution < -0.4 is 5.32 Å². The predicted octanol–water partition coefficient (Wildman–Crippen LogP) is 3.81. The van der Waals surface area contributed by atoms with E-state index in [1.165, 1.54) is 64.6 Å². The van der Waals surface area contributed by atoms with Gasteiger partial charge in [-0.1, -0.05) is 40.0 Å². The molecule has 2 heteroatoms. The van der Waals surface area contributed by atoms with Crippen molar-refractivity contribution in [2.75, 3.05) is 19.6 Å². The summed E-state index contributed by atoms with van der Waals surface area (Å²) in [7, 11) is 0. The summed E-state index contributed by atoms with van der Waals surface area (Å²) in [4.78, 5) is 2.87. The van der Waals surface area contributed by atoms with E-state index in [4.69, 9.17) is 0 Å². The van der Waals surface area contributed by atoms with Gasteiger partial charge >= 0.3 is 0 Å². The third-order valence-corrected chi connectivity index (χ3v) is 5.60. The van der Waals surface area contributed by atoms with Gasteiger partial charge < -0.3 is 5.32 Å². The van der Waals surface area contributed by atoms with E-state index >= 15 is 0 Å². The summed E-state index contributed by atoms with van der Waals surface area (Å²) in [5.41, 5.74) is 0.821. The molecule has 1 atom stereocenters. The number of nitrogens with one attached hydrogen (secondary N) is 1. The second kappa shape index (κ2) is 6.13. The lowest BCUT2D eigenvalue weighted by Crippen LogP contribution is -2.69. The van der Waals surface area contributed by atoms with E-state index in [0.29, 0.717) is 11.1 Å². The minimum absolute atomic E-state index is 0.333. The first kappa shape index (κ1) is 15.3. The first-order valence-corrected chi connectivity index (χ1v) is 8.50. The minimum atomic E-state index is 0.333. The number of hydrogen-bond donors (Lipinski definition) is 1. The van der Waals surface area contributed by atoms with Gasteiger partial charge in [0.2, 0.25) is 0 Å². The van der Waals surface area contributed by atoms with Gasteiger partial charge in [0.1, 0.15) is 0 Å². The summed E-state index contributed by atoms with van der Waals surface area (Å²) in [5, 5.41) is 3.88. The zero-order chi connectivity index (χ0) is 13.9. The van der Waals surface area contributed by atoms with Crippen LogP contribution in [0.1, 0.15) is 72.6 Å². The molecule has 0 amide bonds. The Morgan fingerprint density at radius 1 is 1.16 bits per heavy atom. The Morgan fingerprint density at radius 2 is 1.84 bits per heavy atom. The number of hydrogen-bond acceptors (Lipinski definition) is 2. The lowest BCUT2D eigenvalue weighted by Gasteiger charge is -2.55. The molecule has 0 aromatic rings. The molecule has 1 aliphatic carbocycles. The molecule has 1 aliphatic heterocycles. The molecular weight excluding hydrogens is 232 g/mol. The van der Waals surface area contributed by atoms with Crippen LogP contribution in [0.3, 0.4) is 0 Å². The van der Waals surface area contributed by atoms with Gasteiger partial charge in [-0.15, -0.1) is 0 Å². The van der Waals surface area contributed by atoms with Crippen molar-refractivity contribution in [2.45, 2.75) is 83.7 Å². The summed E-state index contributed by atoms with van der Waals surface area (Å²) >= 11 is 0. The summed E-state index contributed by atoms with van der Waals surface area (Å²) < 4.78 is 0. The van der Waals surface area contributed by atoms with Crippen LogP contribution in [-0.2, 0) is 0 Å². The van der Waals surface area contributed by atoms with Gasteiger partial charge in [0, 0.05) is 24.2 Å². The SMILES string of the molecule is CCC1(C)CN(CCC(C)C)C2(CCCCC2)CN1. The lowest BCUT2D eigenvalue weighted by atomic mass is 9.76. The van der Waals surface area contributed by atoms with E-state index in [9.17, 15) is 0 Å². The second-order valence-electron chi connectivity index (χ2n) is 7.66. The first-order valence-electron chi connectivity index (χ1n) is 8.50. The molecule has 2 fully saturated rings. The zero-order valence-electron chi connectivity index (χ0n) is 13.6. The van der Waals surface area contributed by atoms with E-state index in [0.717, 1.165) is 5.92 Å². The van der Waals surface area contributed by atoms with Gasteiger partial charge in [-0.05, 0) is 45.1 Å². The third kappa shape index (κ3) is 3.52. The second-order valence-corrected chi connectivity index (χ2v) is 7.66. The van der Waals surface area contributed by atoms with Crippen molar-refractivity contribution in [3.05, 3.63) is 0 Å². The molecule has 0 bridgehead atoms. The maximum absolute atomic E-state index is 3.88. The van der Waals surface area contributed by atoms with Crippen molar-refractivity contribution in [2.24, 2.45) is 5.92 Å². The summed E-state index contributed by atoms with van der Waals surface area (Å²) in [6.45, 7) is 13.2. The molecule has 1 spiro atoms. The Morgan fingerprint density at radius 3 is 2.42 bits per heavy atom. The van der Waals surface area contributed by atoms with E-state index < -0.39 is 0 Å². The van der Waals surface area contributed by atoms with Crippen LogP contribution in [0, 0.1) is 5.92 Å². The average Bonchev–Trinajstić information content (AvgIpc) is 2.41. The number of rotatable bonds is 4. The molecule has 1 saturated heterocycles. The van der Waals surface area contributed by atoms with Crippen molar-refractivity contribution in [1.82, 2.24) is 10.2 Å². The van der Waals surface area contributed by atoms with Crippen molar-refractivity contribution >= 4 is 0 Å². The maximum Gasteiger partial charge on any atom is 0.0334 e. The molecule has 1 saturated carbocycles. The normalized spacial score (nSPS) is 32.1. The van der Waals surface area contributed by atoms with Gasteiger partial charge in [0.05, 0.1) is 0 Å². The van der Waals surface area contributed by atoms with Crippen LogP contribution in [-0.4, -0.2) is 35.6 Å². The Kier molecular flexibility index (Phi) is 4.94. The highest BCUT2D eigenvalue weighted by Gasteiger charge is 2.44. The Balaban J connectivity index is 2.08. The Bertz CT molecular complexity index is 281. The monoisotopic (exact) mass is 266 g/mol. The summed E-state index contributed by atoms with van der Waals surface area (Å²) in [5.74, 6) is 0.823. The molecule has 0 radical (unpaired) electrons. The molecule has 112 valence electrons. The molecule has 0 aromatic carbocycles. The maximum atomic E-state index is 3.88. The molecule has 1 N–H and O–H groups in total. The lowest BCUT2D eigenvalue weighted by molar-refractivity contribution is -0.0180. The standard InChI is InChI=1S/C17H34N2/c1-5-16(4)14-19(12-9-15(2)3)17(13-18-16)10-7-6-8-11-17/h15,18H,5-14H2,1-4H3. The summed E-state index contributed by atoms with van der Waals surface area (Å²) in [6, 6.07) is 0. The number of piperazine rings is 1. The Hall–Kier alpha value is -0.0800. The highest BCUT2D eigenvalue weighted by Crippen LogP contribution is 2.37. The van der Waals surface area contributed by atoms with Gasteiger partial charge in [-0.3, -0.25) is 4.90 Å². The smallest absolute Gasteiger partial charge is 0.0334 e. The molecule has 2 aliphatic rings. The van der Waals surface area contributed by atoms with Crippen LogP contribution in [0.15, 0.2) is 0 Å². The first-order chi connectivity index (χ1) is 9.00. The molecule has 0 aromatic heterocycles. The van der Waals surface area contributed by atoms with Gasteiger partial charge in [-0.25, -0.2) is 0 Å². The van der Waals surface area contributed by atoms with Gasteiger partial charge in [0.15, 0.2) is 0 Å².